The third kappa shape index (κ3) is 2.73. The van der Waals surface area contributed by atoms with E-state index < -0.39 is 0 Å². The number of hydrogen-bond acceptors (Lipinski definition) is 3. The minimum Gasteiger partial charge on any atom is -0.439 e. The van der Waals surface area contributed by atoms with Gasteiger partial charge in [0.2, 0.25) is 5.88 Å². The summed E-state index contributed by atoms with van der Waals surface area (Å²) in [6.45, 7) is 4.08. The molecule has 3 heteroatoms. The maximum absolute atomic E-state index is 9.52. The van der Waals surface area contributed by atoms with E-state index in [1.54, 1.807) is 6.07 Å². The van der Waals surface area contributed by atoms with Crippen molar-refractivity contribution in [2.24, 2.45) is 0 Å². The molecule has 1 aromatic heterocycles. The summed E-state index contributed by atoms with van der Waals surface area (Å²) in [5.74, 6) is 1.26. The summed E-state index contributed by atoms with van der Waals surface area (Å²) in [6, 6.07) is 15.5. The van der Waals surface area contributed by atoms with E-state index in [-0.39, 0.29) is 6.61 Å². The van der Waals surface area contributed by atoms with Crippen LogP contribution < -0.4 is 4.74 Å². The van der Waals surface area contributed by atoms with Crippen LogP contribution in [0.2, 0.25) is 0 Å². The molecule has 21 heavy (non-hydrogen) atoms. The van der Waals surface area contributed by atoms with Gasteiger partial charge in [0.1, 0.15) is 5.75 Å². The molecular formula is C18H17NO2. The number of benzene rings is 2. The lowest BCUT2D eigenvalue weighted by molar-refractivity contribution is 0.282. The average Bonchev–Trinajstić information content (AvgIpc) is 2.50. The standard InChI is InChI=1S/C18H17NO2/c1-12-7-8-15(9-13(12)2)21-18-10-14(11-20)16-5-3-4-6-17(16)19-18/h3-10,20H,11H2,1-2H3. The highest BCUT2D eigenvalue weighted by atomic mass is 16.5. The van der Waals surface area contributed by atoms with Gasteiger partial charge in [0.25, 0.3) is 0 Å². The zero-order chi connectivity index (χ0) is 14.8. The van der Waals surface area contributed by atoms with E-state index in [9.17, 15) is 5.11 Å². The van der Waals surface area contributed by atoms with Crippen molar-refractivity contribution in [1.82, 2.24) is 4.98 Å². The largest absolute Gasteiger partial charge is 0.439 e. The Bertz CT molecular complexity index is 796. The van der Waals surface area contributed by atoms with E-state index in [4.69, 9.17) is 4.74 Å². The van der Waals surface area contributed by atoms with Gasteiger partial charge in [0.15, 0.2) is 0 Å². The lowest BCUT2D eigenvalue weighted by Gasteiger charge is -2.10. The zero-order valence-electron chi connectivity index (χ0n) is 12.1. The number of ether oxygens (including phenoxy) is 1. The molecule has 0 spiro atoms. The molecule has 0 unspecified atom stereocenters. The first-order valence-corrected chi connectivity index (χ1v) is 6.92. The van der Waals surface area contributed by atoms with Crippen LogP contribution in [-0.2, 0) is 6.61 Å². The topological polar surface area (TPSA) is 42.4 Å². The number of pyridine rings is 1. The molecule has 0 aliphatic carbocycles. The minimum absolute atomic E-state index is 0.0354. The lowest BCUT2D eigenvalue weighted by Crippen LogP contribution is -1.94. The molecule has 1 heterocycles. The quantitative estimate of drug-likeness (QED) is 0.783. The van der Waals surface area contributed by atoms with Crippen molar-refractivity contribution >= 4 is 10.9 Å². The fourth-order valence-electron chi connectivity index (χ4n) is 2.30. The molecule has 3 aromatic rings. The van der Waals surface area contributed by atoms with Gasteiger partial charge in [-0.25, -0.2) is 4.98 Å². The lowest BCUT2D eigenvalue weighted by atomic mass is 10.1. The predicted molar refractivity (Wildman–Crippen MR) is 83.7 cm³/mol. The fourth-order valence-corrected chi connectivity index (χ4v) is 2.30. The predicted octanol–water partition coefficient (Wildman–Crippen LogP) is 4.14. The average molecular weight is 279 g/mol. The van der Waals surface area contributed by atoms with E-state index in [0.29, 0.717) is 5.88 Å². The van der Waals surface area contributed by atoms with Gasteiger partial charge in [-0.2, -0.15) is 0 Å². The van der Waals surface area contributed by atoms with Crippen LogP contribution in [0, 0.1) is 13.8 Å². The Hall–Kier alpha value is -2.39. The van der Waals surface area contributed by atoms with E-state index in [0.717, 1.165) is 22.2 Å². The van der Waals surface area contributed by atoms with Crippen LogP contribution in [-0.4, -0.2) is 10.1 Å². The SMILES string of the molecule is Cc1ccc(Oc2cc(CO)c3ccccc3n2)cc1C. The first-order valence-electron chi connectivity index (χ1n) is 6.92. The Morgan fingerprint density at radius 1 is 1.00 bits per heavy atom. The number of aromatic nitrogens is 1. The normalized spacial score (nSPS) is 10.8. The molecule has 3 rings (SSSR count). The van der Waals surface area contributed by atoms with Gasteiger partial charge in [-0.05, 0) is 48.7 Å². The molecule has 0 fully saturated rings. The third-order valence-electron chi connectivity index (χ3n) is 3.65. The van der Waals surface area contributed by atoms with E-state index in [2.05, 4.69) is 18.8 Å². The van der Waals surface area contributed by atoms with Crippen molar-refractivity contribution in [3.8, 4) is 11.6 Å². The van der Waals surface area contributed by atoms with Crippen molar-refractivity contribution in [3.05, 3.63) is 65.2 Å². The molecule has 0 bridgehead atoms. The zero-order valence-corrected chi connectivity index (χ0v) is 12.1. The van der Waals surface area contributed by atoms with Crippen LogP contribution >= 0.6 is 0 Å². The maximum atomic E-state index is 9.52. The van der Waals surface area contributed by atoms with E-state index in [1.165, 1.54) is 11.1 Å². The second kappa shape index (κ2) is 5.54. The Morgan fingerprint density at radius 3 is 2.57 bits per heavy atom. The number of aryl methyl sites for hydroxylation is 2. The highest BCUT2D eigenvalue weighted by Gasteiger charge is 2.07. The molecule has 0 radical (unpaired) electrons. The second-order valence-electron chi connectivity index (χ2n) is 5.14. The smallest absolute Gasteiger partial charge is 0.220 e. The minimum atomic E-state index is -0.0354. The van der Waals surface area contributed by atoms with Gasteiger partial charge in [-0.1, -0.05) is 24.3 Å². The summed E-state index contributed by atoms with van der Waals surface area (Å²) in [4.78, 5) is 4.50. The molecule has 106 valence electrons. The van der Waals surface area contributed by atoms with Crippen LogP contribution in [0.4, 0.5) is 0 Å². The number of fused-ring (bicyclic) bond motifs is 1. The van der Waals surface area contributed by atoms with Gasteiger partial charge < -0.3 is 9.84 Å². The summed E-state index contributed by atoms with van der Waals surface area (Å²) in [5.41, 5.74) is 4.04. The van der Waals surface area contributed by atoms with Crippen LogP contribution in [0.15, 0.2) is 48.5 Å². The summed E-state index contributed by atoms with van der Waals surface area (Å²) in [5, 5.41) is 10.5. The van der Waals surface area contributed by atoms with E-state index >= 15 is 0 Å². The van der Waals surface area contributed by atoms with Crippen molar-refractivity contribution in [2.45, 2.75) is 20.5 Å². The van der Waals surface area contributed by atoms with Gasteiger partial charge >= 0.3 is 0 Å². The van der Waals surface area contributed by atoms with Crippen LogP contribution in [0.1, 0.15) is 16.7 Å². The molecule has 0 atom stereocenters. The van der Waals surface area contributed by atoms with Crippen molar-refractivity contribution in [2.75, 3.05) is 0 Å². The van der Waals surface area contributed by atoms with Crippen LogP contribution in [0.25, 0.3) is 10.9 Å². The van der Waals surface area contributed by atoms with Gasteiger partial charge in [-0.15, -0.1) is 0 Å². The Labute approximate surface area is 123 Å². The van der Waals surface area contributed by atoms with Crippen LogP contribution in [0.5, 0.6) is 11.6 Å². The summed E-state index contributed by atoms with van der Waals surface area (Å²) in [7, 11) is 0. The molecule has 2 aromatic carbocycles. The fraction of sp³-hybridized carbons (Fsp3) is 0.167. The molecule has 0 amide bonds. The summed E-state index contributed by atoms with van der Waals surface area (Å²) in [6.07, 6.45) is 0. The molecule has 0 aliphatic heterocycles. The number of hydrogen-bond donors (Lipinski definition) is 1. The van der Waals surface area contributed by atoms with Gasteiger partial charge in [-0.3, -0.25) is 0 Å². The number of para-hydroxylation sites is 1. The number of aliphatic hydroxyl groups is 1. The number of aliphatic hydroxyl groups excluding tert-OH is 1. The second-order valence-corrected chi connectivity index (χ2v) is 5.14. The molecule has 0 saturated carbocycles. The monoisotopic (exact) mass is 279 g/mol. The summed E-state index contributed by atoms with van der Waals surface area (Å²) < 4.78 is 5.84. The van der Waals surface area contributed by atoms with Crippen molar-refractivity contribution < 1.29 is 9.84 Å². The molecule has 0 aliphatic rings. The van der Waals surface area contributed by atoms with E-state index in [1.807, 2.05) is 42.5 Å². The first kappa shape index (κ1) is 13.6. The van der Waals surface area contributed by atoms with Crippen molar-refractivity contribution in [1.29, 1.82) is 0 Å². The number of rotatable bonds is 3. The third-order valence-corrected chi connectivity index (χ3v) is 3.65. The van der Waals surface area contributed by atoms with Crippen molar-refractivity contribution in [3.63, 3.8) is 0 Å². The Morgan fingerprint density at radius 2 is 1.81 bits per heavy atom. The maximum Gasteiger partial charge on any atom is 0.220 e. The highest BCUT2D eigenvalue weighted by molar-refractivity contribution is 5.82. The van der Waals surface area contributed by atoms with Crippen LogP contribution in [0.3, 0.4) is 0 Å². The number of nitrogens with zero attached hydrogens (tertiary/aromatic N) is 1. The van der Waals surface area contributed by atoms with Gasteiger partial charge in [0, 0.05) is 11.5 Å². The summed E-state index contributed by atoms with van der Waals surface area (Å²) >= 11 is 0. The Kier molecular flexibility index (Phi) is 3.59. The first-order chi connectivity index (χ1) is 10.2. The molecular weight excluding hydrogens is 262 g/mol. The molecule has 3 nitrogen and oxygen atoms in total. The van der Waals surface area contributed by atoms with Gasteiger partial charge in [0.05, 0.1) is 12.1 Å². The Balaban J connectivity index is 2.02. The molecule has 1 N–H and O–H groups in total. The molecule has 0 saturated heterocycles. The highest BCUT2D eigenvalue weighted by Crippen LogP contribution is 2.26.